The van der Waals surface area contributed by atoms with E-state index in [1.165, 1.54) is 0 Å². The zero-order valence-corrected chi connectivity index (χ0v) is 14.0. The molecule has 0 saturated carbocycles. The first-order valence-electron chi connectivity index (χ1n) is 7.02. The number of nitrogens with one attached hydrogen (secondary N) is 1. The van der Waals surface area contributed by atoms with Crippen molar-refractivity contribution in [1.82, 2.24) is 4.98 Å². The molecular formula is C16H19N3O3S. The van der Waals surface area contributed by atoms with Gasteiger partial charge in [-0.15, -0.1) is 0 Å². The SMILES string of the molecule is CC.CO.N#Cc1ccc(-c2ccc3c(c2)COC(=S)N3O)[nH]1. The van der Waals surface area contributed by atoms with Crippen molar-refractivity contribution < 1.29 is 15.1 Å². The Morgan fingerprint density at radius 3 is 2.57 bits per heavy atom. The number of hydrogen-bond donors (Lipinski definition) is 3. The van der Waals surface area contributed by atoms with Gasteiger partial charge in [-0.2, -0.15) is 10.3 Å². The number of thiocarbonyl (C=S) groups is 1. The zero-order valence-electron chi connectivity index (χ0n) is 13.2. The average Bonchev–Trinajstić information content (AvgIpc) is 3.11. The highest BCUT2D eigenvalue weighted by Gasteiger charge is 2.21. The highest BCUT2D eigenvalue weighted by molar-refractivity contribution is 7.80. The number of fused-ring (bicyclic) bond motifs is 1. The lowest BCUT2D eigenvalue weighted by atomic mass is 10.1. The van der Waals surface area contributed by atoms with Gasteiger partial charge in [-0.3, -0.25) is 5.21 Å². The molecule has 122 valence electrons. The summed E-state index contributed by atoms with van der Waals surface area (Å²) in [4.78, 5) is 3.00. The standard InChI is InChI=1S/C13H9N3O2S.C2H6.CH4O/c14-6-10-2-3-11(15-10)8-1-4-12-9(5-8)7-18-13(19)16(12)17;2*1-2/h1-5,15,17H,7H2;1-2H3;2H,1H3. The van der Waals surface area contributed by atoms with Crippen LogP contribution in [0.1, 0.15) is 25.1 Å². The van der Waals surface area contributed by atoms with Crippen LogP contribution in [0.5, 0.6) is 0 Å². The molecule has 0 spiro atoms. The summed E-state index contributed by atoms with van der Waals surface area (Å²) in [6.07, 6.45) is 0. The fraction of sp³-hybridized carbons (Fsp3) is 0.250. The number of aliphatic hydroxyl groups is 1. The normalized spacial score (nSPS) is 11.8. The maximum absolute atomic E-state index is 9.75. The molecule has 0 fully saturated rings. The molecule has 1 aromatic heterocycles. The van der Waals surface area contributed by atoms with Crippen LogP contribution in [0.2, 0.25) is 0 Å². The molecule has 0 aliphatic carbocycles. The molecule has 23 heavy (non-hydrogen) atoms. The lowest BCUT2D eigenvalue weighted by Gasteiger charge is -2.26. The molecule has 0 unspecified atom stereocenters. The number of nitriles is 1. The van der Waals surface area contributed by atoms with E-state index in [4.69, 9.17) is 27.3 Å². The second-order valence-electron chi connectivity index (χ2n) is 4.11. The number of H-pyrrole nitrogens is 1. The minimum absolute atomic E-state index is 0.0480. The van der Waals surface area contributed by atoms with Gasteiger partial charge in [0.25, 0.3) is 5.17 Å². The van der Waals surface area contributed by atoms with Crippen molar-refractivity contribution in [3.63, 3.8) is 0 Å². The number of hydrogen-bond acceptors (Lipinski definition) is 5. The summed E-state index contributed by atoms with van der Waals surface area (Å²) < 4.78 is 5.18. The molecule has 2 aromatic rings. The predicted molar refractivity (Wildman–Crippen MR) is 92.1 cm³/mol. The van der Waals surface area contributed by atoms with Crippen LogP contribution >= 0.6 is 12.2 Å². The summed E-state index contributed by atoms with van der Waals surface area (Å²) >= 11 is 4.86. The smallest absolute Gasteiger partial charge is 0.288 e. The first-order valence-corrected chi connectivity index (χ1v) is 7.43. The van der Waals surface area contributed by atoms with Crippen LogP contribution in [0, 0.1) is 11.3 Å². The van der Waals surface area contributed by atoms with Gasteiger partial charge in [-0.25, -0.2) is 0 Å². The second kappa shape index (κ2) is 8.90. The molecule has 0 bridgehead atoms. The van der Waals surface area contributed by atoms with Crippen molar-refractivity contribution in [3.05, 3.63) is 41.6 Å². The average molecular weight is 333 g/mol. The van der Waals surface area contributed by atoms with Gasteiger partial charge in [0.05, 0.1) is 5.69 Å². The summed E-state index contributed by atoms with van der Waals surface area (Å²) in [6.45, 7) is 4.32. The number of hydroxylamine groups is 1. The Labute approximate surface area is 140 Å². The molecule has 1 aromatic carbocycles. The lowest BCUT2D eigenvalue weighted by molar-refractivity contribution is 0.215. The Morgan fingerprint density at radius 1 is 1.26 bits per heavy atom. The van der Waals surface area contributed by atoms with E-state index >= 15 is 0 Å². The first-order chi connectivity index (χ1) is 11.2. The van der Waals surface area contributed by atoms with Crippen LogP contribution < -0.4 is 5.06 Å². The second-order valence-corrected chi connectivity index (χ2v) is 4.46. The van der Waals surface area contributed by atoms with E-state index in [-0.39, 0.29) is 5.17 Å². The predicted octanol–water partition coefficient (Wildman–Crippen LogP) is 3.20. The van der Waals surface area contributed by atoms with Crippen molar-refractivity contribution >= 4 is 23.1 Å². The summed E-state index contributed by atoms with van der Waals surface area (Å²) in [5, 5.41) is 26.5. The Kier molecular flexibility index (Phi) is 7.22. The van der Waals surface area contributed by atoms with E-state index in [0.29, 0.717) is 18.0 Å². The van der Waals surface area contributed by atoms with Gasteiger partial charge >= 0.3 is 0 Å². The van der Waals surface area contributed by atoms with Crippen LogP contribution in [0.3, 0.4) is 0 Å². The Morgan fingerprint density at radius 2 is 1.96 bits per heavy atom. The molecule has 0 amide bonds. The Bertz CT molecular complexity index is 707. The van der Waals surface area contributed by atoms with Gasteiger partial charge in [-0.05, 0) is 42.0 Å². The topological polar surface area (TPSA) is 92.5 Å². The quantitative estimate of drug-likeness (QED) is 0.694. The van der Waals surface area contributed by atoms with Gasteiger partial charge in [0.2, 0.25) is 0 Å². The van der Waals surface area contributed by atoms with Crippen molar-refractivity contribution in [3.8, 4) is 17.3 Å². The molecule has 1 aliphatic rings. The third kappa shape index (κ3) is 4.07. The van der Waals surface area contributed by atoms with Crippen molar-refractivity contribution in [2.24, 2.45) is 0 Å². The van der Waals surface area contributed by atoms with Crippen molar-refractivity contribution in [1.29, 1.82) is 5.26 Å². The molecule has 6 nitrogen and oxygen atoms in total. The fourth-order valence-electron chi connectivity index (χ4n) is 2.00. The van der Waals surface area contributed by atoms with Crippen LogP contribution in [-0.4, -0.2) is 27.6 Å². The number of aromatic nitrogens is 1. The Balaban J connectivity index is 0.000000615. The number of nitrogens with zero attached hydrogens (tertiary/aromatic N) is 2. The molecule has 0 radical (unpaired) electrons. The summed E-state index contributed by atoms with van der Waals surface area (Å²) in [5.41, 5.74) is 3.73. The van der Waals surface area contributed by atoms with E-state index in [2.05, 4.69) is 4.98 Å². The minimum atomic E-state index is 0.0480. The van der Waals surface area contributed by atoms with Gasteiger partial charge in [0.1, 0.15) is 18.4 Å². The number of ether oxygens (including phenoxy) is 1. The maximum Gasteiger partial charge on any atom is 0.288 e. The maximum atomic E-state index is 9.75. The van der Waals surface area contributed by atoms with Crippen LogP contribution in [-0.2, 0) is 11.3 Å². The van der Waals surface area contributed by atoms with Gasteiger partial charge in [0, 0.05) is 18.4 Å². The number of aromatic amines is 1. The zero-order chi connectivity index (χ0) is 17.4. The first kappa shape index (κ1) is 18.6. The van der Waals surface area contributed by atoms with Gasteiger partial charge in [-0.1, -0.05) is 19.9 Å². The van der Waals surface area contributed by atoms with Gasteiger partial charge < -0.3 is 14.8 Å². The molecule has 3 N–H and O–H groups in total. The molecule has 1 aliphatic heterocycles. The highest BCUT2D eigenvalue weighted by Crippen LogP contribution is 2.30. The Hall–Kier alpha value is -2.40. The lowest BCUT2D eigenvalue weighted by Crippen LogP contribution is -2.32. The van der Waals surface area contributed by atoms with E-state index in [1.807, 2.05) is 38.1 Å². The number of rotatable bonds is 1. The van der Waals surface area contributed by atoms with Crippen LogP contribution in [0.15, 0.2) is 30.3 Å². The summed E-state index contributed by atoms with van der Waals surface area (Å²) in [7, 11) is 1.00. The molecule has 7 heteroatoms. The van der Waals surface area contributed by atoms with E-state index < -0.39 is 0 Å². The molecule has 0 atom stereocenters. The molecule has 3 rings (SSSR count). The largest absolute Gasteiger partial charge is 0.464 e. The molecule has 0 saturated heterocycles. The minimum Gasteiger partial charge on any atom is -0.464 e. The third-order valence-corrected chi connectivity index (χ3v) is 3.24. The monoisotopic (exact) mass is 333 g/mol. The summed E-state index contributed by atoms with van der Waals surface area (Å²) in [5.74, 6) is 0. The van der Waals surface area contributed by atoms with Crippen molar-refractivity contribution in [2.75, 3.05) is 12.2 Å². The highest BCUT2D eigenvalue weighted by atomic mass is 32.1. The van der Waals surface area contributed by atoms with Gasteiger partial charge in [0.15, 0.2) is 0 Å². The number of aliphatic hydroxyl groups excluding tert-OH is 1. The fourth-order valence-corrected chi connectivity index (χ4v) is 2.16. The molecule has 2 heterocycles. The van der Waals surface area contributed by atoms with E-state index in [0.717, 1.165) is 29.0 Å². The molecular weight excluding hydrogens is 314 g/mol. The third-order valence-electron chi connectivity index (χ3n) is 2.95. The van der Waals surface area contributed by atoms with Crippen LogP contribution in [0.25, 0.3) is 11.3 Å². The number of anilines is 1. The van der Waals surface area contributed by atoms with E-state index in [1.54, 1.807) is 12.1 Å². The number of benzene rings is 1. The van der Waals surface area contributed by atoms with Crippen LogP contribution in [0.4, 0.5) is 5.69 Å². The van der Waals surface area contributed by atoms with Crippen molar-refractivity contribution in [2.45, 2.75) is 20.5 Å². The summed E-state index contributed by atoms with van der Waals surface area (Å²) in [6, 6.07) is 11.1. The van der Waals surface area contributed by atoms with E-state index in [9.17, 15) is 5.21 Å².